The summed E-state index contributed by atoms with van der Waals surface area (Å²) in [5.41, 5.74) is 3.03. The lowest BCUT2D eigenvalue weighted by atomic mass is 10.1. The maximum atomic E-state index is 4.36. The highest BCUT2D eigenvalue weighted by Gasteiger charge is 2.21. The Kier molecular flexibility index (Phi) is 2.88. The Morgan fingerprint density at radius 1 is 1.14 bits per heavy atom. The van der Waals surface area contributed by atoms with Gasteiger partial charge in [0.2, 0.25) is 0 Å². The van der Waals surface area contributed by atoms with Crippen LogP contribution in [0, 0.1) is 0 Å². The zero-order valence-corrected chi connectivity index (χ0v) is 12.5. The van der Waals surface area contributed by atoms with E-state index < -0.39 is 0 Å². The van der Waals surface area contributed by atoms with Crippen molar-refractivity contribution in [2.45, 2.75) is 13.0 Å². The van der Waals surface area contributed by atoms with Crippen molar-refractivity contribution in [3.05, 3.63) is 36.0 Å². The van der Waals surface area contributed by atoms with Crippen LogP contribution in [0.2, 0.25) is 0 Å². The largest absolute Gasteiger partial charge is 0.361 e. The van der Waals surface area contributed by atoms with E-state index in [1.807, 2.05) is 29.6 Å². The number of nitrogens with zero attached hydrogens (tertiary/aromatic N) is 8. The second-order valence-electron chi connectivity index (χ2n) is 5.57. The van der Waals surface area contributed by atoms with Gasteiger partial charge in [0, 0.05) is 33.6 Å². The lowest BCUT2D eigenvalue weighted by Crippen LogP contribution is -2.33. The fourth-order valence-corrected chi connectivity index (χ4v) is 2.71. The van der Waals surface area contributed by atoms with Crippen molar-refractivity contribution in [1.29, 1.82) is 0 Å². The predicted molar refractivity (Wildman–Crippen MR) is 81.9 cm³/mol. The van der Waals surface area contributed by atoms with Crippen LogP contribution in [0.1, 0.15) is 11.3 Å². The van der Waals surface area contributed by atoms with Gasteiger partial charge in [0.15, 0.2) is 11.5 Å². The fraction of sp³-hybridized carbons (Fsp3) is 0.357. The third-order valence-electron chi connectivity index (χ3n) is 3.91. The summed E-state index contributed by atoms with van der Waals surface area (Å²) in [5.74, 6) is 1.87. The van der Waals surface area contributed by atoms with E-state index in [2.05, 4.69) is 36.3 Å². The number of hydrogen-bond donors (Lipinski definition) is 0. The van der Waals surface area contributed by atoms with Gasteiger partial charge in [-0.15, -0.1) is 15.3 Å². The highest BCUT2D eigenvalue weighted by Crippen LogP contribution is 2.24. The van der Waals surface area contributed by atoms with E-state index in [0.717, 1.165) is 42.5 Å². The Morgan fingerprint density at radius 2 is 2.05 bits per heavy atom. The highest BCUT2D eigenvalue weighted by atomic mass is 15.3. The molecular weight excluding hydrogens is 280 g/mol. The standard InChI is InChI=1S/C14H16N8/c1-20(2)12-5-10-8-21(4-3-11(10)17-19-12)14-7-15-6-13-18-16-9-22(13)14/h5-7,9H,3-4,8H2,1-2H3. The predicted octanol–water partition coefficient (Wildman–Crippen LogP) is 0.543. The van der Waals surface area contributed by atoms with E-state index >= 15 is 0 Å². The van der Waals surface area contributed by atoms with Gasteiger partial charge in [-0.05, 0) is 11.6 Å². The topological polar surface area (TPSA) is 75.3 Å². The number of hydrogen-bond acceptors (Lipinski definition) is 7. The molecule has 0 saturated carbocycles. The van der Waals surface area contributed by atoms with Gasteiger partial charge in [-0.3, -0.25) is 9.38 Å². The molecule has 8 nitrogen and oxygen atoms in total. The van der Waals surface area contributed by atoms with Crippen molar-refractivity contribution in [3.63, 3.8) is 0 Å². The molecule has 112 valence electrons. The van der Waals surface area contributed by atoms with Crippen LogP contribution in [0.3, 0.4) is 0 Å². The van der Waals surface area contributed by atoms with Crippen LogP contribution in [0.5, 0.6) is 0 Å². The second kappa shape index (κ2) is 4.90. The summed E-state index contributed by atoms with van der Waals surface area (Å²) in [4.78, 5) is 8.50. The van der Waals surface area contributed by atoms with Crippen molar-refractivity contribution in [2.75, 3.05) is 30.4 Å². The van der Waals surface area contributed by atoms with Crippen LogP contribution >= 0.6 is 0 Å². The van der Waals surface area contributed by atoms with E-state index in [-0.39, 0.29) is 0 Å². The second-order valence-corrected chi connectivity index (χ2v) is 5.57. The van der Waals surface area contributed by atoms with Gasteiger partial charge in [-0.2, -0.15) is 5.10 Å². The van der Waals surface area contributed by atoms with Crippen molar-refractivity contribution in [1.82, 2.24) is 29.8 Å². The first-order valence-electron chi connectivity index (χ1n) is 7.14. The molecule has 0 N–H and O–H groups in total. The summed E-state index contributed by atoms with van der Waals surface area (Å²) in [7, 11) is 3.94. The average molecular weight is 296 g/mol. The Morgan fingerprint density at radius 3 is 2.91 bits per heavy atom. The van der Waals surface area contributed by atoms with Crippen LogP contribution in [0.4, 0.5) is 11.6 Å². The first-order valence-corrected chi connectivity index (χ1v) is 7.14. The summed E-state index contributed by atoms with van der Waals surface area (Å²) >= 11 is 0. The number of fused-ring (bicyclic) bond motifs is 2. The summed E-state index contributed by atoms with van der Waals surface area (Å²) in [6.07, 6.45) is 6.15. The Labute approximate surface area is 127 Å². The van der Waals surface area contributed by atoms with Crippen LogP contribution in [-0.4, -0.2) is 50.4 Å². The zero-order valence-electron chi connectivity index (χ0n) is 12.5. The first-order chi connectivity index (χ1) is 10.7. The number of anilines is 2. The molecule has 0 fully saturated rings. The lowest BCUT2D eigenvalue weighted by molar-refractivity contribution is 0.681. The van der Waals surface area contributed by atoms with E-state index in [4.69, 9.17) is 0 Å². The van der Waals surface area contributed by atoms with Gasteiger partial charge >= 0.3 is 0 Å². The van der Waals surface area contributed by atoms with Crippen LogP contribution in [0.15, 0.2) is 24.8 Å². The molecule has 22 heavy (non-hydrogen) atoms. The molecule has 0 aliphatic carbocycles. The lowest BCUT2D eigenvalue weighted by Gasteiger charge is -2.30. The summed E-state index contributed by atoms with van der Waals surface area (Å²) in [6.45, 7) is 1.66. The molecule has 0 unspecified atom stereocenters. The number of rotatable bonds is 2. The molecule has 8 heteroatoms. The molecule has 0 radical (unpaired) electrons. The minimum absolute atomic E-state index is 0.755. The number of aromatic nitrogens is 6. The Bertz CT molecular complexity index is 825. The summed E-state index contributed by atoms with van der Waals surface area (Å²) in [5, 5.41) is 16.6. The molecule has 4 heterocycles. The molecule has 0 spiro atoms. The first kappa shape index (κ1) is 12.9. The van der Waals surface area contributed by atoms with E-state index in [0.29, 0.717) is 0 Å². The van der Waals surface area contributed by atoms with Gasteiger partial charge in [0.25, 0.3) is 0 Å². The third-order valence-corrected chi connectivity index (χ3v) is 3.91. The van der Waals surface area contributed by atoms with Crippen molar-refractivity contribution in [2.24, 2.45) is 0 Å². The molecule has 0 saturated heterocycles. The van der Waals surface area contributed by atoms with Crippen LogP contribution in [-0.2, 0) is 13.0 Å². The van der Waals surface area contributed by atoms with Gasteiger partial charge in [0.1, 0.15) is 12.1 Å². The minimum Gasteiger partial charge on any atom is -0.361 e. The minimum atomic E-state index is 0.755. The monoisotopic (exact) mass is 296 g/mol. The van der Waals surface area contributed by atoms with Gasteiger partial charge in [0.05, 0.1) is 18.1 Å². The molecule has 0 atom stereocenters. The smallest absolute Gasteiger partial charge is 0.180 e. The molecule has 0 aromatic carbocycles. The molecule has 0 bridgehead atoms. The quantitative estimate of drug-likeness (QED) is 0.683. The fourth-order valence-electron chi connectivity index (χ4n) is 2.71. The third kappa shape index (κ3) is 2.03. The highest BCUT2D eigenvalue weighted by molar-refractivity contribution is 5.50. The summed E-state index contributed by atoms with van der Waals surface area (Å²) < 4.78 is 1.96. The van der Waals surface area contributed by atoms with E-state index in [1.54, 1.807) is 12.5 Å². The normalized spacial score (nSPS) is 14.2. The average Bonchev–Trinajstić information content (AvgIpc) is 3.02. The molecule has 4 rings (SSSR count). The molecule has 1 aliphatic heterocycles. The van der Waals surface area contributed by atoms with Crippen molar-refractivity contribution in [3.8, 4) is 0 Å². The van der Waals surface area contributed by atoms with E-state index in [9.17, 15) is 0 Å². The van der Waals surface area contributed by atoms with Gasteiger partial charge in [-0.25, -0.2) is 0 Å². The maximum Gasteiger partial charge on any atom is 0.180 e. The SMILES string of the molecule is CN(C)c1cc2c(nn1)CCN(c1cncc3nncn13)C2. The Hall–Kier alpha value is -2.77. The van der Waals surface area contributed by atoms with Crippen LogP contribution in [0.25, 0.3) is 5.65 Å². The van der Waals surface area contributed by atoms with Crippen LogP contribution < -0.4 is 9.80 Å². The molecule has 3 aromatic heterocycles. The maximum absolute atomic E-state index is 4.36. The Balaban J connectivity index is 1.72. The van der Waals surface area contributed by atoms with Gasteiger partial charge < -0.3 is 9.80 Å². The molecular formula is C14H16N8. The van der Waals surface area contributed by atoms with Crippen molar-refractivity contribution >= 4 is 17.3 Å². The molecule has 1 aliphatic rings. The molecule has 0 amide bonds. The van der Waals surface area contributed by atoms with E-state index in [1.165, 1.54) is 5.56 Å². The van der Waals surface area contributed by atoms with Gasteiger partial charge in [-0.1, -0.05) is 0 Å². The molecule has 3 aromatic rings. The summed E-state index contributed by atoms with van der Waals surface area (Å²) in [6, 6.07) is 2.11. The van der Waals surface area contributed by atoms with Crippen molar-refractivity contribution < 1.29 is 0 Å². The zero-order chi connectivity index (χ0) is 15.1.